The van der Waals surface area contributed by atoms with Gasteiger partial charge in [0.05, 0.1) is 12.2 Å². The van der Waals surface area contributed by atoms with Gasteiger partial charge in [-0.2, -0.15) is 0 Å². The van der Waals surface area contributed by atoms with E-state index in [-0.39, 0.29) is 17.7 Å². The standard InChI is InChI=1S/C31H43ClN4O2/c1-23(2)18-30(37)36-14-7-13-34(24(3)4)16-17-35(21-27-10-11-28(32)19-29(27)36)31(38)22-33-15-12-25-8-5-6-9-26(25)20-33/h5-6,8-11,19,23-24H,7,12-18,20-22H2,1-4H3. The summed E-state index contributed by atoms with van der Waals surface area (Å²) in [7, 11) is 0. The molecule has 0 fully saturated rings. The van der Waals surface area contributed by atoms with Gasteiger partial charge in [0.15, 0.2) is 0 Å². The van der Waals surface area contributed by atoms with Gasteiger partial charge in [0, 0.05) is 63.3 Å². The summed E-state index contributed by atoms with van der Waals surface area (Å²) < 4.78 is 0. The molecule has 2 aliphatic heterocycles. The maximum atomic E-state index is 13.8. The number of hydrogen-bond donors (Lipinski definition) is 0. The lowest BCUT2D eigenvalue weighted by atomic mass is 10.00. The molecule has 0 saturated heterocycles. The number of halogens is 1. The van der Waals surface area contributed by atoms with Gasteiger partial charge in [0.25, 0.3) is 0 Å². The second-order valence-corrected chi connectivity index (χ2v) is 11.9. The van der Waals surface area contributed by atoms with Gasteiger partial charge in [-0.15, -0.1) is 0 Å². The van der Waals surface area contributed by atoms with E-state index in [1.165, 1.54) is 11.1 Å². The van der Waals surface area contributed by atoms with E-state index < -0.39 is 0 Å². The molecular formula is C31H43ClN4O2. The van der Waals surface area contributed by atoms with Gasteiger partial charge in [0.1, 0.15) is 0 Å². The van der Waals surface area contributed by atoms with E-state index in [9.17, 15) is 9.59 Å². The van der Waals surface area contributed by atoms with Crippen molar-refractivity contribution in [3.05, 3.63) is 64.2 Å². The predicted molar refractivity (Wildman–Crippen MR) is 155 cm³/mol. The van der Waals surface area contributed by atoms with Crippen molar-refractivity contribution in [1.29, 1.82) is 0 Å². The van der Waals surface area contributed by atoms with Gasteiger partial charge >= 0.3 is 0 Å². The normalized spacial score (nSPS) is 17.8. The third kappa shape index (κ3) is 7.37. The van der Waals surface area contributed by atoms with Crippen LogP contribution >= 0.6 is 11.6 Å². The summed E-state index contributed by atoms with van der Waals surface area (Å²) in [6, 6.07) is 14.7. The molecule has 206 valence electrons. The molecule has 0 spiro atoms. The van der Waals surface area contributed by atoms with Crippen LogP contribution in [0.1, 0.15) is 57.2 Å². The number of carbonyl (C=O) groups excluding carboxylic acids is 2. The lowest BCUT2D eigenvalue weighted by Gasteiger charge is -2.33. The summed E-state index contributed by atoms with van der Waals surface area (Å²) >= 11 is 6.45. The quantitative estimate of drug-likeness (QED) is 0.523. The Hall–Kier alpha value is -2.41. The topological polar surface area (TPSA) is 47.1 Å². The maximum Gasteiger partial charge on any atom is 0.237 e. The Morgan fingerprint density at radius 3 is 2.34 bits per heavy atom. The second-order valence-electron chi connectivity index (χ2n) is 11.4. The monoisotopic (exact) mass is 538 g/mol. The van der Waals surface area contributed by atoms with E-state index in [4.69, 9.17) is 11.6 Å². The molecule has 0 bridgehead atoms. The molecule has 4 rings (SSSR count). The minimum Gasteiger partial charge on any atom is -0.336 e. The molecule has 0 unspecified atom stereocenters. The number of nitrogens with zero attached hydrogens (tertiary/aromatic N) is 4. The van der Waals surface area contributed by atoms with Crippen LogP contribution < -0.4 is 4.90 Å². The smallest absolute Gasteiger partial charge is 0.237 e. The predicted octanol–water partition coefficient (Wildman–Crippen LogP) is 5.22. The molecular weight excluding hydrogens is 496 g/mol. The van der Waals surface area contributed by atoms with Crippen molar-refractivity contribution < 1.29 is 9.59 Å². The van der Waals surface area contributed by atoms with Crippen LogP contribution in [0, 0.1) is 5.92 Å². The van der Waals surface area contributed by atoms with E-state index >= 15 is 0 Å². The van der Waals surface area contributed by atoms with Crippen LogP contribution in [0.2, 0.25) is 5.02 Å². The molecule has 0 N–H and O–H groups in total. The zero-order chi connectivity index (χ0) is 27.2. The Bertz CT molecular complexity index is 1120. The minimum atomic E-state index is 0.115. The number of fused-ring (bicyclic) bond motifs is 2. The van der Waals surface area contributed by atoms with Gasteiger partial charge in [-0.3, -0.25) is 19.4 Å². The van der Waals surface area contributed by atoms with Crippen LogP contribution in [0.5, 0.6) is 0 Å². The van der Waals surface area contributed by atoms with Gasteiger partial charge in [-0.1, -0.05) is 55.8 Å². The SMILES string of the molecule is CC(C)CC(=O)N1CCCN(C(C)C)CCN(C(=O)CN2CCc3ccccc3C2)Cc2ccc(Cl)cc21. The van der Waals surface area contributed by atoms with Crippen molar-refractivity contribution in [2.75, 3.05) is 44.2 Å². The summed E-state index contributed by atoms with van der Waals surface area (Å²) in [5, 5.41) is 0.606. The summed E-state index contributed by atoms with van der Waals surface area (Å²) in [4.78, 5) is 35.8. The molecule has 2 aromatic rings. The molecule has 0 aromatic heterocycles. The number of amides is 2. The maximum absolute atomic E-state index is 13.8. The second kappa shape index (κ2) is 13.1. The van der Waals surface area contributed by atoms with E-state index in [1.54, 1.807) is 0 Å². The van der Waals surface area contributed by atoms with E-state index in [1.807, 2.05) is 28.0 Å². The van der Waals surface area contributed by atoms with Crippen molar-refractivity contribution in [2.24, 2.45) is 5.92 Å². The Labute approximate surface area is 233 Å². The highest BCUT2D eigenvalue weighted by atomic mass is 35.5. The molecule has 0 atom stereocenters. The Kier molecular flexibility index (Phi) is 9.85. The van der Waals surface area contributed by atoms with Crippen LogP contribution in [-0.2, 0) is 29.1 Å². The zero-order valence-corrected chi connectivity index (χ0v) is 24.2. The first kappa shape index (κ1) is 28.6. The van der Waals surface area contributed by atoms with E-state index in [0.29, 0.717) is 43.7 Å². The summed E-state index contributed by atoms with van der Waals surface area (Å²) in [6.07, 6.45) is 2.33. The van der Waals surface area contributed by atoms with Crippen molar-refractivity contribution >= 4 is 29.1 Å². The van der Waals surface area contributed by atoms with Crippen LogP contribution in [0.15, 0.2) is 42.5 Å². The fourth-order valence-corrected chi connectivity index (χ4v) is 5.71. The van der Waals surface area contributed by atoms with Crippen LogP contribution in [0.4, 0.5) is 5.69 Å². The van der Waals surface area contributed by atoms with Crippen molar-refractivity contribution in [1.82, 2.24) is 14.7 Å². The van der Waals surface area contributed by atoms with Gasteiger partial charge in [-0.05, 0) is 61.4 Å². The van der Waals surface area contributed by atoms with Crippen molar-refractivity contribution in [3.8, 4) is 0 Å². The number of anilines is 1. The summed E-state index contributed by atoms with van der Waals surface area (Å²) in [5.41, 5.74) is 4.51. The van der Waals surface area contributed by atoms with Crippen molar-refractivity contribution in [3.63, 3.8) is 0 Å². The molecule has 0 saturated carbocycles. The molecule has 7 heteroatoms. The Morgan fingerprint density at radius 1 is 0.842 bits per heavy atom. The summed E-state index contributed by atoms with van der Waals surface area (Å²) in [5.74, 6) is 0.514. The molecule has 2 aromatic carbocycles. The van der Waals surface area contributed by atoms with Crippen LogP contribution in [0.25, 0.3) is 0 Å². The first-order chi connectivity index (χ1) is 18.2. The lowest BCUT2D eigenvalue weighted by Crippen LogP contribution is -2.45. The first-order valence-electron chi connectivity index (χ1n) is 14.1. The third-order valence-corrected chi connectivity index (χ3v) is 7.95. The van der Waals surface area contributed by atoms with Gasteiger partial charge < -0.3 is 9.80 Å². The van der Waals surface area contributed by atoms with Gasteiger partial charge in [0.2, 0.25) is 11.8 Å². The zero-order valence-electron chi connectivity index (χ0n) is 23.5. The molecule has 2 aliphatic rings. The molecule has 0 radical (unpaired) electrons. The molecule has 2 amide bonds. The Morgan fingerprint density at radius 2 is 1.61 bits per heavy atom. The molecule has 38 heavy (non-hydrogen) atoms. The van der Waals surface area contributed by atoms with Crippen LogP contribution in [0.3, 0.4) is 0 Å². The largest absolute Gasteiger partial charge is 0.336 e. The number of rotatable bonds is 5. The first-order valence-corrected chi connectivity index (χ1v) is 14.5. The highest BCUT2D eigenvalue weighted by molar-refractivity contribution is 6.31. The van der Waals surface area contributed by atoms with E-state index in [2.05, 4.69) is 61.8 Å². The lowest BCUT2D eigenvalue weighted by molar-refractivity contribution is -0.133. The molecule has 2 heterocycles. The highest BCUT2D eigenvalue weighted by Crippen LogP contribution is 2.29. The fraction of sp³-hybridized carbons (Fsp3) is 0.548. The fourth-order valence-electron chi connectivity index (χ4n) is 5.55. The average molecular weight is 539 g/mol. The molecule has 6 nitrogen and oxygen atoms in total. The average Bonchev–Trinajstić information content (AvgIpc) is 2.90. The number of hydrogen-bond acceptors (Lipinski definition) is 4. The van der Waals surface area contributed by atoms with Crippen molar-refractivity contribution in [2.45, 2.75) is 66.1 Å². The third-order valence-electron chi connectivity index (χ3n) is 7.72. The van der Waals surface area contributed by atoms with E-state index in [0.717, 1.165) is 50.3 Å². The molecule has 0 aliphatic carbocycles. The number of benzene rings is 2. The Balaban J connectivity index is 1.60. The summed E-state index contributed by atoms with van der Waals surface area (Å²) in [6.45, 7) is 14.1. The van der Waals surface area contributed by atoms with Crippen LogP contribution in [-0.4, -0.2) is 71.8 Å². The minimum absolute atomic E-state index is 0.115. The van der Waals surface area contributed by atoms with Gasteiger partial charge in [-0.25, -0.2) is 0 Å². The highest BCUT2D eigenvalue weighted by Gasteiger charge is 2.26. The number of carbonyl (C=O) groups is 2.